The van der Waals surface area contributed by atoms with E-state index in [1.54, 1.807) is 35.9 Å². The summed E-state index contributed by atoms with van der Waals surface area (Å²) in [5.74, 6) is 1.02. The molecule has 1 aliphatic rings. The third-order valence-corrected chi connectivity index (χ3v) is 6.45. The van der Waals surface area contributed by atoms with Crippen molar-refractivity contribution < 1.29 is 19.1 Å². The third kappa shape index (κ3) is 4.24. The molecule has 0 bridgehead atoms. The molecule has 9 heteroatoms. The number of carbonyl (C=O) groups is 2. The Morgan fingerprint density at radius 2 is 1.69 bits per heavy atom. The van der Waals surface area contributed by atoms with Crippen LogP contribution in [0.25, 0.3) is 16.9 Å². The molecular formula is C27H27N5O4. The Morgan fingerprint density at radius 1 is 0.917 bits per heavy atom. The number of ether oxygens (including phenoxy) is 2. The summed E-state index contributed by atoms with van der Waals surface area (Å²) in [7, 11) is 3.18. The van der Waals surface area contributed by atoms with Gasteiger partial charge in [-0.2, -0.15) is 5.10 Å². The summed E-state index contributed by atoms with van der Waals surface area (Å²) < 4.78 is 12.4. The quantitative estimate of drug-likeness (QED) is 0.431. The zero-order chi connectivity index (χ0) is 25.2. The van der Waals surface area contributed by atoms with Gasteiger partial charge in [-0.05, 0) is 43.3 Å². The smallest absolute Gasteiger partial charge is 0.274 e. The maximum atomic E-state index is 13.4. The summed E-state index contributed by atoms with van der Waals surface area (Å²) >= 11 is 0. The van der Waals surface area contributed by atoms with Crippen LogP contribution in [-0.4, -0.2) is 76.1 Å². The summed E-state index contributed by atoms with van der Waals surface area (Å²) in [6.45, 7) is 3.29. The molecule has 0 N–H and O–H groups in total. The number of hydrogen-bond donors (Lipinski definition) is 0. The minimum absolute atomic E-state index is 0.0216. The first-order valence-corrected chi connectivity index (χ1v) is 11.7. The highest BCUT2D eigenvalue weighted by Crippen LogP contribution is 2.32. The minimum atomic E-state index is -0.183. The van der Waals surface area contributed by atoms with Crippen molar-refractivity contribution in [3.05, 3.63) is 78.1 Å². The molecule has 36 heavy (non-hydrogen) atoms. The molecule has 184 valence electrons. The fourth-order valence-corrected chi connectivity index (χ4v) is 4.57. The zero-order valence-corrected chi connectivity index (χ0v) is 20.4. The Morgan fingerprint density at radius 3 is 2.42 bits per heavy atom. The number of carbonyl (C=O) groups excluding carboxylic acids is 2. The summed E-state index contributed by atoms with van der Waals surface area (Å²) in [5.41, 5.74) is 3.15. The Hall–Kier alpha value is -4.40. The first kappa shape index (κ1) is 23.3. The van der Waals surface area contributed by atoms with Gasteiger partial charge >= 0.3 is 0 Å². The van der Waals surface area contributed by atoms with E-state index >= 15 is 0 Å². The number of nitrogens with zero attached hydrogens (tertiary/aromatic N) is 5. The van der Waals surface area contributed by atoms with Gasteiger partial charge in [-0.25, -0.2) is 9.50 Å². The van der Waals surface area contributed by atoms with Crippen molar-refractivity contribution in [1.29, 1.82) is 0 Å². The van der Waals surface area contributed by atoms with Gasteiger partial charge in [0.25, 0.3) is 11.8 Å². The van der Waals surface area contributed by atoms with Crippen molar-refractivity contribution in [2.75, 3.05) is 33.9 Å². The Balaban J connectivity index is 1.37. The fraction of sp³-hybridized carbons (Fsp3) is 0.259. The van der Waals surface area contributed by atoms with Crippen LogP contribution in [0.3, 0.4) is 0 Å². The molecular weight excluding hydrogens is 458 g/mol. The molecule has 1 fully saturated rings. The van der Waals surface area contributed by atoms with Crippen LogP contribution in [0, 0.1) is 0 Å². The lowest BCUT2D eigenvalue weighted by atomic mass is 10.1. The third-order valence-electron chi connectivity index (χ3n) is 6.45. The Kier molecular flexibility index (Phi) is 6.28. The van der Waals surface area contributed by atoms with Crippen LogP contribution < -0.4 is 9.47 Å². The van der Waals surface area contributed by atoms with Gasteiger partial charge < -0.3 is 19.3 Å². The second-order valence-corrected chi connectivity index (χ2v) is 8.66. The standard InChI is InChI=1S/C27H27N5O4/c1-18-17-30(13-14-31(18)26(33)19-7-5-4-6-8-19)27(34)21-16-25-28-12-11-22(32(25)29-21)20-9-10-23(35-2)24(15-20)36-3/h4-12,15-16,18H,13-14,17H2,1-3H3/t18-/m0/s1. The van der Waals surface area contributed by atoms with Gasteiger partial charge in [0.15, 0.2) is 22.8 Å². The molecule has 3 heterocycles. The number of piperazine rings is 1. The van der Waals surface area contributed by atoms with E-state index in [0.29, 0.717) is 48.0 Å². The molecule has 2 amide bonds. The number of methoxy groups -OCH3 is 2. The van der Waals surface area contributed by atoms with Gasteiger partial charge in [-0.3, -0.25) is 9.59 Å². The number of benzene rings is 2. The average Bonchev–Trinajstić information content (AvgIpc) is 3.37. The van der Waals surface area contributed by atoms with Crippen LogP contribution in [0.1, 0.15) is 27.8 Å². The molecule has 9 nitrogen and oxygen atoms in total. The number of fused-ring (bicyclic) bond motifs is 1. The van der Waals surface area contributed by atoms with Gasteiger partial charge in [-0.15, -0.1) is 0 Å². The molecule has 5 rings (SSSR count). The number of aromatic nitrogens is 3. The molecule has 2 aromatic heterocycles. The molecule has 0 unspecified atom stereocenters. The summed E-state index contributed by atoms with van der Waals surface area (Å²) in [4.78, 5) is 34.3. The van der Waals surface area contributed by atoms with Crippen LogP contribution in [0.2, 0.25) is 0 Å². The summed E-state index contributed by atoms with van der Waals surface area (Å²) in [6.07, 6.45) is 1.69. The largest absolute Gasteiger partial charge is 0.493 e. The fourth-order valence-electron chi connectivity index (χ4n) is 4.57. The van der Waals surface area contributed by atoms with Crippen LogP contribution in [-0.2, 0) is 0 Å². The van der Waals surface area contributed by atoms with E-state index in [0.717, 1.165) is 11.3 Å². The van der Waals surface area contributed by atoms with Gasteiger partial charge in [0.2, 0.25) is 0 Å². The maximum Gasteiger partial charge on any atom is 0.274 e. The lowest BCUT2D eigenvalue weighted by Crippen LogP contribution is -2.55. The van der Waals surface area contributed by atoms with E-state index < -0.39 is 0 Å². The van der Waals surface area contributed by atoms with Crippen molar-refractivity contribution in [2.45, 2.75) is 13.0 Å². The molecule has 2 aromatic carbocycles. The predicted octanol–water partition coefficient (Wildman–Crippen LogP) is 3.40. The first-order chi connectivity index (χ1) is 17.5. The van der Waals surface area contributed by atoms with Crippen LogP contribution >= 0.6 is 0 Å². The highest BCUT2D eigenvalue weighted by atomic mass is 16.5. The van der Waals surface area contributed by atoms with E-state index in [9.17, 15) is 9.59 Å². The van der Waals surface area contributed by atoms with Crippen molar-refractivity contribution in [3.8, 4) is 22.8 Å². The van der Waals surface area contributed by atoms with Crippen molar-refractivity contribution in [2.24, 2.45) is 0 Å². The van der Waals surface area contributed by atoms with Crippen molar-refractivity contribution >= 4 is 17.5 Å². The van der Waals surface area contributed by atoms with Gasteiger partial charge in [-0.1, -0.05) is 18.2 Å². The van der Waals surface area contributed by atoms with Gasteiger partial charge in [0.1, 0.15) is 0 Å². The monoisotopic (exact) mass is 485 g/mol. The molecule has 0 saturated carbocycles. The molecule has 1 saturated heterocycles. The second-order valence-electron chi connectivity index (χ2n) is 8.66. The SMILES string of the molecule is COc1ccc(-c2ccnc3cc(C(=O)N4CCN(C(=O)c5ccccc5)[C@@H](C)C4)nn23)cc1OC. The lowest BCUT2D eigenvalue weighted by Gasteiger charge is -2.39. The van der Waals surface area contributed by atoms with E-state index in [1.165, 1.54) is 0 Å². The molecule has 0 aliphatic carbocycles. The molecule has 4 aromatic rings. The molecule has 0 spiro atoms. The van der Waals surface area contributed by atoms with Crippen molar-refractivity contribution in [1.82, 2.24) is 24.4 Å². The van der Waals surface area contributed by atoms with E-state index in [1.807, 2.05) is 66.4 Å². The van der Waals surface area contributed by atoms with E-state index in [2.05, 4.69) is 10.1 Å². The maximum absolute atomic E-state index is 13.4. The van der Waals surface area contributed by atoms with Crippen LogP contribution in [0.4, 0.5) is 0 Å². The van der Waals surface area contributed by atoms with Crippen LogP contribution in [0.5, 0.6) is 11.5 Å². The summed E-state index contributed by atoms with van der Waals surface area (Å²) in [5, 5.41) is 4.60. The predicted molar refractivity (Wildman–Crippen MR) is 134 cm³/mol. The summed E-state index contributed by atoms with van der Waals surface area (Å²) in [6, 6.07) is 18.2. The van der Waals surface area contributed by atoms with Gasteiger partial charge in [0, 0.05) is 49.1 Å². The normalized spacial score (nSPS) is 15.7. The Labute approximate surface area is 208 Å². The molecule has 1 atom stereocenters. The highest BCUT2D eigenvalue weighted by molar-refractivity contribution is 5.96. The van der Waals surface area contributed by atoms with E-state index in [4.69, 9.17) is 9.47 Å². The number of rotatable bonds is 5. The Bertz CT molecular complexity index is 1420. The highest BCUT2D eigenvalue weighted by Gasteiger charge is 2.31. The topological polar surface area (TPSA) is 89.3 Å². The number of amides is 2. The van der Waals surface area contributed by atoms with Gasteiger partial charge in [0.05, 0.1) is 19.9 Å². The van der Waals surface area contributed by atoms with Crippen LogP contribution in [0.15, 0.2) is 66.9 Å². The molecule has 1 aliphatic heterocycles. The zero-order valence-electron chi connectivity index (χ0n) is 20.4. The minimum Gasteiger partial charge on any atom is -0.493 e. The average molecular weight is 486 g/mol. The second kappa shape index (κ2) is 9.69. The lowest BCUT2D eigenvalue weighted by molar-refractivity contribution is 0.0411. The molecule has 0 radical (unpaired) electrons. The van der Waals surface area contributed by atoms with E-state index in [-0.39, 0.29) is 17.9 Å². The number of hydrogen-bond acceptors (Lipinski definition) is 6. The van der Waals surface area contributed by atoms with Crippen molar-refractivity contribution in [3.63, 3.8) is 0 Å². The first-order valence-electron chi connectivity index (χ1n) is 11.7.